The average Bonchev–Trinajstić information content (AvgIpc) is 2.68. The number of nitrogens with one attached hydrogen (secondary N) is 1. The Morgan fingerprint density at radius 1 is 1.26 bits per heavy atom. The molecule has 2 atom stereocenters. The van der Waals surface area contributed by atoms with Crippen LogP contribution in [-0.4, -0.2) is 37.6 Å². The van der Waals surface area contributed by atoms with Gasteiger partial charge in [0.2, 0.25) is 0 Å². The lowest BCUT2D eigenvalue weighted by molar-refractivity contribution is -0.149. The number of ether oxygens (including phenoxy) is 2. The SMILES string of the molecule is CC[C@@H](C)[C@@H](NC(=O)COC(=O)/C(C#N)=C/c1ccc(C)cc1)C(=O)OC. The van der Waals surface area contributed by atoms with Crippen LogP contribution in [0, 0.1) is 24.2 Å². The number of aryl methyl sites for hydroxylation is 1. The van der Waals surface area contributed by atoms with E-state index in [1.165, 1.54) is 13.2 Å². The van der Waals surface area contributed by atoms with E-state index < -0.39 is 30.5 Å². The molecule has 0 aliphatic carbocycles. The van der Waals surface area contributed by atoms with E-state index in [4.69, 9.17) is 10.00 Å². The van der Waals surface area contributed by atoms with Gasteiger partial charge >= 0.3 is 11.9 Å². The van der Waals surface area contributed by atoms with Gasteiger partial charge in [0.15, 0.2) is 6.61 Å². The molecule has 1 N–H and O–H groups in total. The molecule has 0 heterocycles. The largest absolute Gasteiger partial charge is 0.467 e. The van der Waals surface area contributed by atoms with Crippen LogP contribution in [0.5, 0.6) is 0 Å². The summed E-state index contributed by atoms with van der Waals surface area (Å²) in [6, 6.07) is 8.16. The third-order valence-electron chi connectivity index (χ3n) is 4.05. The van der Waals surface area contributed by atoms with E-state index in [0.29, 0.717) is 12.0 Å². The molecule has 7 nitrogen and oxygen atoms in total. The van der Waals surface area contributed by atoms with Crippen molar-refractivity contribution < 1.29 is 23.9 Å². The minimum absolute atomic E-state index is 0.145. The number of carbonyl (C=O) groups is 3. The van der Waals surface area contributed by atoms with Gasteiger partial charge in [-0.25, -0.2) is 9.59 Å². The summed E-state index contributed by atoms with van der Waals surface area (Å²) in [6.45, 7) is 5.00. The quantitative estimate of drug-likeness (QED) is 0.426. The summed E-state index contributed by atoms with van der Waals surface area (Å²) in [5.74, 6) is -2.27. The van der Waals surface area contributed by atoms with Crippen LogP contribution in [0.3, 0.4) is 0 Å². The van der Waals surface area contributed by atoms with Crippen molar-refractivity contribution in [3.63, 3.8) is 0 Å². The Hall–Kier alpha value is -3.14. The van der Waals surface area contributed by atoms with Crippen LogP contribution < -0.4 is 5.32 Å². The zero-order chi connectivity index (χ0) is 20.4. The fourth-order valence-electron chi connectivity index (χ4n) is 2.19. The molecule has 0 radical (unpaired) electrons. The van der Waals surface area contributed by atoms with Gasteiger partial charge in [-0.2, -0.15) is 5.26 Å². The monoisotopic (exact) mass is 372 g/mol. The second-order valence-corrected chi connectivity index (χ2v) is 6.11. The van der Waals surface area contributed by atoms with E-state index >= 15 is 0 Å². The van der Waals surface area contributed by atoms with Gasteiger partial charge in [-0.1, -0.05) is 50.1 Å². The minimum Gasteiger partial charge on any atom is -0.467 e. The number of nitriles is 1. The molecule has 1 aromatic carbocycles. The van der Waals surface area contributed by atoms with E-state index in [0.717, 1.165) is 5.56 Å². The summed E-state index contributed by atoms with van der Waals surface area (Å²) in [6.07, 6.45) is 2.04. The van der Waals surface area contributed by atoms with Crippen molar-refractivity contribution in [1.82, 2.24) is 5.32 Å². The molecule has 0 bridgehead atoms. The van der Waals surface area contributed by atoms with Gasteiger partial charge in [-0.05, 0) is 24.5 Å². The zero-order valence-corrected chi connectivity index (χ0v) is 15.9. The highest BCUT2D eigenvalue weighted by molar-refractivity contribution is 5.99. The van der Waals surface area contributed by atoms with Gasteiger partial charge in [0.1, 0.15) is 17.7 Å². The van der Waals surface area contributed by atoms with E-state index in [9.17, 15) is 14.4 Å². The van der Waals surface area contributed by atoms with Crippen molar-refractivity contribution in [2.75, 3.05) is 13.7 Å². The molecule has 144 valence electrons. The maximum atomic E-state index is 12.0. The van der Waals surface area contributed by atoms with Crippen molar-refractivity contribution in [2.45, 2.75) is 33.2 Å². The molecule has 0 spiro atoms. The lowest BCUT2D eigenvalue weighted by Gasteiger charge is -2.21. The normalized spacial score (nSPS) is 13.1. The number of rotatable bonds is 8. The molecule has 0 fully saturated rings. The Balaban J connectivity index is 2.70. The summed E-state index contributed by atoms with van der Waals surface area (Å²) >= 11 is 0. The third-order valence-corrected chi connectivity index (χ3v) is 4.05. The number of hydrogen-bond acceptors (Lipinski definition) is 6. The highest BCUT2D eigenvalue weighted by Crippen LogP contribution is 2.11. The van der Waals surface area contributed by atoms with Crippen molar-refractivity contribution >= 4 is 23.9 Å². The lowest BCUT2D eigenvalue weighted by Crippen LogP contribution is -2.47. The third kappa shape index (κ3) is 6.94. The highest BCUT2D eigenvalue weighted by Gasteiger charge is 2.27. The summed E-state index contributed by atoms with van der Waals surface area (Å²) in [5, 5.41) is 11.6. The first-order valence-corrected chi connectivity index (χ1v) is 8.55. The number of hydrogen-bond donors (Lipinski definition) is 1. The average molecular weight is 372 g/mol. The zero-order valence-electron chi connectivity index (χ0n) is 15.9. The van der Waals surface area contributed by atoms with E-state index in [1.807, 2.05) is 26.0 Å². The Kier molecular flexibility index (Phi) is 8.73. The van der Waals surface area contributed by atoms with Gasteiger partial charge in [-0.3, -0.25) is 4.79 Å². The Bertz CT molecular complexity index is 747. The molecule has 7 heteroatoms. The van der Waals surface area contributed by atoms with Gasteiger partial charge in [-0.15, -0.1) is 0 Å². The highest BCUT2D eigenvalue weighted by atomic mass is 16.5. The summed E-state index contributed by atoms with van der Waals surface area (Å²) in [7, 11) is 1.24. The Labute approximate surface area is 159 Å². The Morgan fingerprint density at radius 2 is 1.89 bits per heavy atom. The fourth-order valence-corrected chi connectivity index (χ4v) is 2.19. The smallest absolute Gasteiger partial charge is 0.349 e. The summed E-state index contributed by atoms with van der Waals surface area (Å²) in [4.78, 5) is 35.8. The standard InChI is InChI=1S/C20H24N2O5/c1-5-14(3)18(20(25)26-4)22-17(23)12-27-19(24)16(11-21)10-15-8-6-13(2)7-9-15/h6-10,14,18H,5,12H2,1-4H3,(H,22,23)/b16-10+/t14-,18-/m1/s1. The molecule has 0 aliphatic rings. The molecule has 0 aromatic heterocycles. The minimum atomic E-state index is -0.911. The van der Waals surface area contributed by atoms with E-state index in [2.05, 4.69) is 10.1 Å². The molecule has 0 unspecified atom stereocenters. The lowest BCUT2D eigenvalue weighted by atomic mass is 9.99. The Morgan fingerprint density at radius 3 is 2.41 bits per heavy atom. The number of methoxy groups -OCH3 is 1. The topological polar surface area (TPSA) is 105 Å². The second-order valence-electron chi connectivity index (χ2n) is 6.11. The molecular formula is C20H24N2O5. The first kappa shape index (κ1) is 21.9. The van der Waals surface area contributed by atoms with Crippen molar-refractivity contribution in [2.24, 2.45) is 5.92 Å². The van der Waals surface area contributed by atoms with E-state index in [1.54, 1.807) is 25.1 Å². The van der Waals surface area contributed by atoms with Gasteiger partial charge in [0, 0.05) is 0 Å². The number of benzene rings is 1. The van der Waals surface area contributed by atoms with Crippen LogP contribution in [0.2, 0.25) is 0 Å². The molecule has 27 heavy (non-hydrogen) atoms. The van der Waals surface area contributed by atoms with Crippen molar-refractivity contribution in [3.05, 3.63) is 41.0 Å². The van der Waals surface area contributed by atoms with Crippen LogP contribution in [0.15, 0.2) is 29.8 Å². The number of carbonyl (C=O) groups excluding carboxylic acids is 3. The van der Waals surface area contributed by atoms with Crippen LogP contribution in [0.4, 0.5) is 0 Å². The predicted molar refractivity (Wildman–Crippen MR) is 99.1 cm³/mol. The second kappa shape index (κ2) is 10.8. The van der Waals surface area contributed by atoms with Gasteiger partial charge in [0.05, 0.1) is 7.11 Å². The van der Waals surface area contributed by atoms with Crippen LogP contribution >= 0.6 is 0 Å². The number of nitrogens with zero attached hydrogens (tertiary/aromatic N) is 1. The molecule has 0 saturated heterocycles. The van der Waals surface area contributed by atoms with Crippen LogP contribution in [-0.2, 0) is 23.9 Å². The predicted octanol–water partition coefficient (Wildman–Crippen LogP) is 2.15. The van der Waals surface area contributed by atoms with Gasteiger partial charge in [0.25, 0.3) is 5.91 Å². The molecule has 1 amide bonds. The van der Waals surface area contributed by atoms with Crippen molar-refractivity contribution in [3.8, 4) is 6.07 Å². The summed E-state index contributed by atoms with van der Waals surface area (Å²) < 4.78 is 9.57. The first-order valence-electron chi connectivity index (χ1n) is 8.55. The molecule has 1 rings (SSSR count). The maximum absolute atomic E-state index is 12.0. The maximum Gasteiger partial charge on any atom is 0.349 e. The van der Waals surface area contributed by atoms with Crippen molar-refractivity contribution in [1.29, 1.82) is 5.26 Å². The van der Waals surface area contributed by atoms with E-state index in [-0.39, 0.29) is 11.5 Å². The first-order chi connectivity index (χ1) is 12.8. The molecular weight excluding hydrogens is 348 g/mol. The number of amides is 1. The summed E-state index contributed by atoms with van der Waals surface area (Å²) in [5.41, 5.74) is 1.49. The molecule has 0 saturated carbocycles. The van der Waals surface area contributed by atoms with Crippen LogP contribution in [0.25, 0.3) is 6.08 Å². The molecule has 0 aliphatic heterocycles. The van der Waals surface area contributed by atoms with Gasteiger partial charge < -0.3 is 14.8 Å². The fraction of sp³-hybridized carbons (Fsp3) is 0.400. The van der Waals surface area contributed by atoms with Crippen LogP contribution in [0.1, 0.15) is 31.4 Å². The molecule has 1 aromatic rings. The number of esters is 2.